The predicted molar refractivity (Wildman–Crippen MR) is 120 cm³/mol. The number of aromatic nitrogens is 1. The zero-order chi connectivity index (χ0) is 21.8. The van der Waals surface area contributed by atoms with Gasteiger partial charge in [-0.1, -0.05) is 47.0 Å². The lowest BCUT2D eigenvalue weighted by atomic mass is 9.95. The maximum absolute atomic E-state index is 13.2. The Labute approximate surface area is 193 Å². The van der Waals surface area contributed by atoms with Gasteiger partial charge in [-0.05, 0) is 49.2 Å². The van der Waals surface area contributed by atoms with E-state index in [2.05, 4.69) is 26.2 Å². The molecule has 4 rings (SSSR count). The van der Waals surface area contributed by atoms with Crippen LogP contribution < -0.4 is 5.32 Å². The average molecular weight is 525 g/mol. The lowest BCUT2D eigenvalue weighted by Gasteiger charge is -2.22. The summed E-state index contributed by atoms with van der Waals surface area (Å²) in [6.45, 7) is 0. The average Bonchev–Trinajstić information content (AvgIpc) is 3.43. The molecule has 0 aliphatic heterocycles. The van der Waals surface area contributed by atoms with Gasteiger partial charge in [0.1, 0.15) is 0 Å². The van der Waals surface area contributed by atoms with E-state index in [1.165, 1.54) is 24.8 Å². The highest BCUT2D eigenvalue weighted by atomic mass is 79.9. The second-order valence-electron chi connectivity index (χ2n) is 7.24. The van der Waals surface area contributed by atoms with Gasteiger partial charge in [-0.3, -0.25) is 4.79 Å². The van der Waals surface area contributed by atoms with Gasteiger partial charge in [0.05, 0.1) is 16.9 Å². The maximum Gasteiger partial charge on any atom is 0.265 e. The Morgan fingerprint density at radius 3 is 2.58 bits per heavy atom. The van der Waals surface area contributed by atoms with Crippen molar-refractivity contribution in [2.75, 3.05) is 5.75 Å². The second kappa shape index (κ2) is 9.62. The van der Waals surface area contributed by atoms with Crippen molar-refractivity contribution in [3.05, 3.63) is 47.1 Å². The smallest absolute Gasteiger partial charge is 0.265 e. The zero-order valence-corrected chi connectivity index (χ0v) is 19.8. The van der Waals surface area contributed by atoms with E-state index >= 15 is 0 Å². The number of benzene rings is 1. The number of rotatable bonds is 7. The van der Waals surface area contributed by atoms with Gasteiger partial charge in [0.2, 0.25) is 25.9 Å². The molecule has 2 heterocycles. The van der Waals surface area contributed by atoms with E-state index in [4.69, 9.17) is 8.83 Å². The maximum atomic E-state index is 13.2. The minimum atomic E-state index is -3.95. The van der Waals surface area contributed by atoms with Crippen LogP contribution in [0.5, 0.6) is 0 Å². The predicted octanol–water partition coefficient (Wildman–Crippen LogP) is 5.07. The SMILES string of the molecule is O=C(CSc1oc(-c2ccco2)nc1S(=O)(=O)c1ccc(Br)cc1)NC1CCCCC1. The first-order valence-electron chi connectivity index (χ1n) is 9.91. The van der Waals surface area contributed by atoms with Gasteiger partial charge in [0.15, 0.2) is 5.76 Å². The number of oxazole rings is 1. The van der Waals surface area contributed by atoms with Gasteiger partial charge in [-0.25, -0.2) is 8.42 Å². The Morgan fingerprint density at radius 2 is 1.90 bits per heavy atom. The molecule has 0 bridgehead atoms. The Hall–Kier alpha value is -2.04. The van der Waals surface area contributed by atoms with Crippen molar-refractivity contribution >= 4 is 43.4 Å². The summed E-state index contributed by atoms with van der Waals surface area (Å²) in [5, 5.41) is 2.86. The number of nitrogens with zero attached hydrogens (tertiary/aromatic N) is 1. The van der Waals surface area contributed by atoms with Gasteiger partial charge in [0, 0.05) is 10.5 Å². The van der Waals surface area contributed by atoms with Crippen LogP contribution >= 0.6 is 27.7 Å². The second-order valence-corrected chi connectivity index (χ2v) is 11.0. The molecule has 1 aromatic carbocycles. The first-order chi connectivity index (χ1) is 14.9. The number of nitrogens with one attached hydrogen (secondary N) is 1. The summed E-state index contributed by atoms with van der Waals surface area (Å²) < 4.78 is 38.2. The van der Waals surface area contributed by atoms with Crippen molar-refractivity contribution in [3.63, 3.8) is 0 Å². The number of hydrogen-bond acceptors (Lipinski definition) is 7. The monoisotopic (exact) mass is 524 g/mol. The molecule has 0 radical (unpaired) electrons. The lowest BCUT2D eigenvalue weighted by Crippen LogP contribution is -2.37. The standard InChI is InChI=1S/C21H21BrN2O5S2/c22-14-8-10-16(11-9-14)31(26,27)20-21(29-19(24-20)17-7-4-12-28-17)30-13-18(25)23-15-5-2-1-3-6-15/h4,7-12,15H,1-3,5-6,13H2,(H,23,25). The summed E-state index contributed by atoms with van der Waals surface area (Å²) >= 11 is 4.32. The molecule has 1 N–H and O–H groups in total. The number of sulfone groups is 1. The van der Waals surface area contributed by atoms with Crippen LogP contribution in [-0.2, 0) is 14.6 Å². The van der Waals surface area contributed by atoms with Crippen LogP contribution in [0.3, 0.4) is 0 Å². The quantitative estimate of drug-likeness (QED) is 0.430. The van der Waals surface area contributed by atoms with Gasteiger partial charge in [-0.2, -0.15) is 4.98 Å². The van der Waals surface area contributed by atoms with E-state index in [0.29, 0.717) is 5.76 Å². The van der Waals surface area contributed by atoms with Crippen molar-refractivity contribution in [2.24, 2.45) is 0 Å². The van der Waals surface area contributed by atoms with Crippen molar-refractivity contribution in [2.45, 2.75) is 53.2 Å². The first-order valence-corrected chi connectivity index (χ1v) is 13.2. The molecule has 164 valence electrons. The summed E-state index contributed by atoms with van der Waals surface area (Å²) in [5.74, 6) is 0.244. The molecular weight excluding hydrogens is 504 g/mol. The lowest BCUT2D eigenvalue weighted by molar-refractivity contribution is -0.119. The van der Waals surface area contributed by atoms with Gasteiger partial charge in [-0.15, -0.1) is 0 Å². The van der Waals surface area contributed by atoms with Crippen molar-refractivity contribution in [3.8, 4) is 11.7 Å². The van der Waals surface area contributed by atoms with Crippen LogP contribution in [0.2, 0.25) is 0 Å². The Kier molecular flexibility index (Phi) is 6.88. The molecule has 0 saturated heterocycles. The fourth-order valence-electron chi connectivity index (χ4n) is 3.43. The Bertz CT molecular complexity index is 1140. The van der Waals surface area contributed by atoms with Crippen molar-refractivity contribution in [1.29, 1.82) is 0 Å². The number of carbonyl (C=O) groups is 1. The largest absolute Gasteiger partial charge is 0.459 e. The Balaban J connectivity index is 1.58. The summed E-state index contributed by atoms with van der Waals surface area (Å²) in [7, 11) is -3.95. The minimum absolute atomic E-state index is 0.0339. The van der Waals surface area contributed by atoms with E-state index in [1.807, 2.05) is 0 Å². The van der Waals surface area contributed by atoms with Crippen molar-refractivity contribution in [1.82, 2.24) is 10.3 Å². The molecule has 0 spiro atoms. The summed E-state index contributed by atoms with van der Waals surface area (Å²) in [6.07, 6.45) is 6.83. The highest BCUT2D eigenvalue weighted by Crippen LogP contribution is 2.35. The number of furan rings is 1. The van der Waals surface area contributed by atoms with Crippen LogP contribution in [0.15, 0.2) is 71.0 Å². The molecule has 1 aliphatic rings. The normalized spacial score (nSPS) is 15.1. The number of halogens is 1. The molecule has 1 saturated carbocycles. The minimum Gasteiger partial charge on any atom is -0.459 e. The highest BCUT2D eigenvalue weighted by Gasteiger charge is 2.30. The first kappa shape index (κ1) is 22.2. The third kappa shape index (κ3) is 5.24. The molecule has 0 atom stereocenters. The molecular formula is C21H21BrN2O5S2. The van der Waals surface area contributed by atoms with E-state index < -0.39 is 9.84 Å². The van der Waals surface area contributed by atoms with Crippen LogP contribution in [0, 0.1) is 0 Å². The van der Waals surface area contributed by atoms with E-state index in [9.17, 15) is 13.2 Å². The van der Waals surface area contributed by atoms with Crippen molar-refractivity contribution < 1.29 is 22.0 Å². The fraction of sp³-hybridized carbons (Fsp3) is 0.333. The van der Waals surface area contributed by atoms with E-state index in [1.54, 1.807) is 24.3 Å². The summed E-state index contributed by atoms with van der Waals surface area (Å²) in [5.41, 5.74) is 0. The highest BCUT2D eigenvalue weighted by molar-refractivity contribution is 9.10. The third-order valence-electron chi connectivity index (χ3n) is 4.98. The van der Waals surface area contributed by atoms with Crippen LogP contribution in [0.1, 0.15) is 32.1 Å². The molecule has 0 unspecified atom stereocenters. The molecule has 10 heteroatoms. The summed E-state index contributed by atoms with van der Waals surface area (Å²) in [4.78, 5) is 16.7. The number of amides is 1. The van der Waals surface area contributed by atoms with Gasteiger partial charge in [0.25, 0.3) is 5.89 Å². The molecule has 31 heavy (non-hydrogen) atoms. The molecule has 1 aliphatic carbocycles. The van der Waals surface area contributed by atoms with E-state index in [0.717, 1.165) is 41.9 Å². The third-order valence-corrected chi connectivity index (χ3v) is 8.26. The van der Waals surface area contributed by atoms with E-state index in [-0.39, 0.29) is 38.6 Å². The van der Waals surface area contributed by atoms with Crippen LogP contribution in [-0.4, -0.2) is 31.1 Å². The van der Waals surface area contributed by atoms with Gasteiger partial charge < -0.3 is 14.2 Å². The fourth-order valence-corrected chi connectivity index (χ4v) is 6.04. The molecule has 1 fully saturated rings. The topological polar surface area (TPSA) is 102 Å². The number of carbonyl (C=O) groups excluding carboxylic acids is 1. The molecule has 1 amide bonds. The van der Waals surface area contributed by atoms with Crippen LogP contribution in [0.4, 0.5) is 0 Å². The van der Waals surface area contributed by atoms with Gasteiger partial charge >= 0.3 is 0 Å². The van der Waals surface area contributed by atoms with Crippen LogP contribution in [0.25, 0.3) is 11.7 Å². The number of thioether (sulfide) groups is 1. The molecule has 2 aromatic heterocycles. The number of hydrogen-bond donors (Lipinski definition) is 1. The molecule has 3 aromatic rings. The zero-order valence-electron chi connectivity index (χ0n) is 16.5. The molecule has 7 nitrogen and oxygen atoms in total. The summed E-state index contributed by atoms with van der Waals surface area (Å²) in [6, 6.07) is 9.74. The Morgan fingerprint density at radius 1 is 1.16 bits per heavy atom.